The van der Waals surface area contributed by atoms with E-state index in [-0.39, 0.29) is 11.8 Å². The van der Waals surface area contributed by atoms with Gasteiger partial charge in [-0.15, -0.1) is 0 Å². The van der Waals surface area contributed by atoms with Crippen LogP contribution in [0.3, 0.4) is 0 Å². The molecule has 0 bridgehead atoms. The van der Waals surface area contributed by atoms with Crippen LogP contribution in [-0.4, -0.2) is 24.4 Å². The number of carbonyl (C=O) groups is 2. The number of nitrogens with two attached hydrogens (primary N) is 1. The normalized spacial score (nSPS) is 13.8. The fourth-order valence-corrected chi connectivity index (χ4v) is 1.94. The van der Waals surface area contributed by atoms with Crippen LogP contribution in [0.15, 0.2) is 24.3 Å². The van der Waals surface area contributed by atoms with Crippen molar-refractivity contribution in [3.63, 3.8) is 0 Å². The number of benzene rings is 1. The SMILES string of the molecule is Nc1cccc(CCC(=O)NCCC(=O)NC2CC2)c1. The second-order valence-electron chi connectivity index (χ2n) is 5.19. The molecule has 0 unspecified atom stereocenters. The molecule has 0 aliphatic heterocycles. The Morgan fingerprint density at radius 2 is 2.00 bits per heavy atom. The molecule has 2 amide bonds. The van der Waals surface area contributed by atoms with E-state index in [1.165, 1.54) is 0 Å². The molecule has 0 aromatic heterocycles. The standard InChI is InChI=1S/C15H21N3O2/c16-12-3-1-2-11(10-12)4-7-14(19)17-9-8-15(20)18-13-5-6-13/h1-3,10,13H,4-9,16H2,(H,17,19)(H,18,20). The van der Waals surface area contributed by atoms with Gasteiger partial charge in [-0.1, -0.05) is 12.1 Å². The maximum absolute atomic E-state index is 11.6. The van der Waals surface area contributed by atoms with Gasteiger partial charge in [0.25, 0.3) is 0 Å². The van der Waals surface area contributed by atoms with Gasteiger partial charge in [-0.25, -0.2) is 0 Å². The van der Waals surface area contributed by atoms with E-state index in [1.807, 2.05) is 24.3 Å². The predicted molar refractivity (Wildman–Crippen MR) is 78.0 cm³/mol. The highest BCUT2D eigenvalue weighted by atomic mass is 16.2. The molecule has 1 aliphatic carbocycles. The first-order valence-electron chi connectivity index (χ1n) is 7.04. The minimum atomic E-state index is -0.0355. The minimum Gasteiger partial charge on any atom is -0.399 e. The van der Waals surface area contributed by atoms with Gasteiger partial charge >= 0.3 is 0 Å². The largest absolute Gasteiger partial charge is 0.399 e. The van der Waals surface area contributed by atoms with Gasteiger partial charge in [0, 0.05) is 31.1 Å². The average molecular weight is 275 g/mol. The van der Waals surface area contributed by atoms with Gasteiger partial charge in [-0.2, -0.15) is 0 Å². The molecule has 5 heteroatoms. The summed E-state index contributed by atoms with van der Waals surface area (Å²) in [5, 5.41) is 5.65. The second-order valence-corrected chi connectivity index (χ2v) is 5.19. The molecular formula is C15H21N3O2. The third kappa shape index (κ3) is 5.30. The molecule has 1 aromatic carbocycles. The predicted octanol–water partition coefficient (Wildman–Crippen LogP) is 0.986. The summed E-state index contributed by atoms with van der Waals surface area (Å²) in [4.78, 5) is 23.1. The number of hydrogen-bond donors (Lipinski definition) is 3. The summed E-state index contributed by atoms with van der Waals surface area (Å²) >= 11 is 0. The van der Waals surface area contributed by atoms with Crippen molar-refractivity contribution in [2.75, 3.05) is 12.3 Å². The third-order valence-corrected chi connectivity index (χ3v) is 3.21. The minimum absolute atomic E-state index is 0.0173. The van der Waals surface area contributed by atoms with Crippen molar-refractivity contribution in [3.8, 4) is 0 Å². The molecule has 2 rings (SSSR count). The summed E-state index contributed by atoms with van der Waals surface area (Å²) in [7, 11) is 0. The number of rotatable bonds is 7. The lowest BCUT2D eigenvalue weighted by atomic mass is 10.1. The van der Waals surface area contributed by atoms with Crippen molar-refractivity contribution in [1.82, 2.24) is 10.6 Å². The molecule has 4 N–H and O–H groups in total. The summed E-state index contributed by atoms with van der Waals surface area (Å²) < 4.78 is 0. The van der Waals surface area contributed by atoms with E-state index in [1.54, 1.807) is 0 Å². The molecule has 0 radical (unpaired) electrons. The molecule has 1 aliphatic rings. The third-order valence-electron chi connectivity index (χ3n) is 3.21. The maximum atomic E-state index is 11.6. The maximum Gasteiger partial charge on any atom is 0.221 e. The molecule has 0 atom stereocenters. The Balaban J connectivity index is 1.59. The number of aryl methyl sites for hydroxylation is 1. The van der Waals surface area contributed by atoms with Gasteiger partial charge < -0.3 is 16.4 Å². The van der Waals surface area contributed by atoms with Gasteiger partial charge in [0.15, 0.2) is 0 Å². The van der Waals surface area contributed by atoms with Gasteiger partial charge in [0.05, 0.1) is 0 Å². The van der Waals surface area contributed by atoms with E-state index < -0.39 is 0 Å². The van der Waals surface area contributed by atoms with E-state index in [2.05, 4.69) is 10.6 Å². The number of nitrogen functional groups attached to an aromatic ring is 1. The Labute approximate surface area is 118 Å². The molecule has 0 spiro atoms. The van der Waals surface area contributed by atoms with E-state index >= 15 is 0 Å². The first-order valence-corrected chi connectivity index (χ1v) is 7.04. The number of carbonyl (C=O) groups excluding carboxylic acids is 2. The lowest BCUT2D eigenvalue weighted by Crippen LogP contribution is -2.31. The number of amides is 2. The smallest absolute Gasteiger partial charge is 0.221 e. The fraction of sp³-hybridized carbons (Fsp3) is 0.467. The van der Waals surface area contributed by atoms with E-state index in [0.717, 1.165) is 18.4 Å². The zero-order chi connectivity index (χ0) is 14.4. The highest BCUT2D eigenvalue weighted by Crippen LogP contribution is 2.18. The van der Waals surface area contributed by atoms with Crippen LogP contribution in [0, 0.1) is 0 Å². The Kier molecular flexibility index (Phi) is 4.98. The van der Waals surface area contributed by atoms with Gasteiger partial charge in [0.1, 0.15) is 0 Å². The quantitative estimate of drug-likeness (QED) is 0.649. The molecule has 0 heterocycles. The van der Waals surface area contributed by atoms with Crippen LogP contribution >= 0.6 is 0 Å². The first kappa shape index (κ1) is 14.4. The van der Waals surface area contributed by atoms with Crippen LogP contribution < -0.4 is 16.4 Å². The number of anilines is 1. The lowest BCUT2D eigenvalue weighted by Gasteiger charge is -2.06. The Morgan fingerprint density at radius 1 is 1.20 bits per heavy atom. The summed E-state index contributed by atoms with van der Waals surface area (Å²) in [5.41, 5.74) is 7.43. The van der Waals surface area contributed by atoms with Crippen LogP contribution in [-0.2, 0) is 16.0 Å². The second kappa shape index (κ2) is 6.93. The summed E-state index contributed by atoms with van der Waals surface area (Å²) in [5.74, 6) is -0.0183. The van der Waals surface area contributed by atoms with Gasteiger partial charge in [-0.3, -0.25) is 9.59 Å². The van der Waals surface area contributed by atoms with Crippen LogP contribution in [0.1, 0.15) is 31.2 Å². The zero-order valence-electron chi connectivity index (χ0n) is 11.5. The van der Waals surface area contributed by atoms with E-state index in [9.17, 15) is 9.59 Å². The van der Waals surface area contributed by atoms with Gasteiger partial charge in [0.2, 0.25) is 11.8 Å². The van der Waals surface area contributed by atoms with E-state index in [4.69, 9.17) is 5.73 Å². The average Bonchev–Trinajstić information content (AvgIpc) is 3.20. The van der Waals surface area contributed by atoms with Crippen molar-refractivity contribution in [3.05, 3.63) is 29.8 Å². The Bertz CT molecular complexity index is 484. The molecule has 1 aromatic rings. The molecule has 1 fully saturated rings. The lowest BCUT2D eigenvalue weighted by molar-refractivity contribution is -0.122. The van der Waals surface area contributed by atoms with Crippen molar-refractivity contribution in [2.45, 2.75) is 38.1 Å². The van der Waals surface area contributed by atoms with Crippen LogP contribution in [0.2, 0.25) is 0 Å². The molecule has 108 valence electrons. The van der Waals surface area contributed by atoms with Crippen LogP contribution in [0.5, 0.6) is 0 Å². The molecule has 5 nitrogen and oxygen atoms in total. The topological polar surface area (TPSA) is 84.2 Å². The Hall–Kier alpha value is -2.04. The molecule has 20 heavy (non-hydrogen) atoms. The van der Waals surface area contributed by atoms with Gasteiger partial charge in [-0.05, 0) is 37.0 Å². The van der Waals surface area contributed by atoms with Crippen molar-refractivity contribution < 1.29 is 9.59 Å². The monoisotopic (exact) mass is 275 g/mol. The summed E-state index contributed by atoms with van der Waals surface area (Å²) in [6, 6.07) is 7.90. The fourth-order valence-electron chi connectivity index (χ4n) is 1.94. The van der Waals surface area contributed by atoms with Crippen molar-refractivity contribution in [1.29, 1.82) is 0 Å². The summed E-state index contributed by atoms with van der Waals surface area (Å²) in [6.45, 7) is 0.397. The van der Waals surface area contributed by atoms with Crippen molar-refractivity contribution >= 4 is 17.5 Å². The molecular weight excluding hydrogens is 254 g/mol. The van der Waals surface area contributed by atoms with Crippen LogP contribution in [0.4, 0.5) is 5.69 Å². The highest BCUT2D eigenvalue weighted by molar-refractivity contribution is 5.79. The zero-order valence-corrected chi connectivity index (χ0v) is 11.5. The first-order chi connectivity index (χ1) is 9.63. The highest BCUT2D eigenvalue weighted by Gasteiger charge is 2.22. The number of hydrogen-bond acceptors (Lipinski definition) is 3. The van der Waals surface area contributed by atoms with E-state index in [0.29, 0.717) is 37.5 Å². The number of nitrogens with one attached hydrogen (secondary N) is 2. The molecule has 0 saturated heterocycles. The Morgan fingerprint density at radius 3 is 2.70 bits per heavy atom. The van der Waals surface area contributed by atoms with Crippen molar-refractivity contribution in [2.24, 2.45) is 0 Å². The van der Waals surface area contributed by atoms with Crippen LogP contribution in [0.25, 0.3) is 0 Å². The molecule has 1 saturated carbocycles. The summed E-state index contributed by atoms with van der Waals surface area (Å²) in [6.07, 6.45) is 3.58.